The summed E-state index contributed by atoms with van der Waals surface area (Å²) in [6.45, 7) is 0.545. The van der Waals surface area contributed by atoms with Gasteiger partial charge in [-0.3, -0.25) is 0 Å². The van der Waals surface area contributed by atoms with Gasteiger partial charge in [0.2, 0.25) is 0 Å². The molecule has 102 valence electrons. The van der Waals surface area contributed by atoms with Gasteiger partial charge in [-0.05, 0) is 12.1 Å². The summed E-state index contributed by atoms with van der Waals surface area (Å²) in [6, 6.07) is 6.70. The number of nitriles is 2. The second kappa shape index (κ2) is 7.22. The lowest BCUT2D eigenvalue weighted by Gasteiger charge is -2.19. The summed E-state index contributed by atoms with van der Waals surface area (Å²) < 4.78 is 30.9. The van der Waals surface area contributed by atoms with Crippen molar-refractivity contribution in [3.05, 3.63) is 17.0 Å². The summed E-state index contributed by atoms with van der Waals surface area (Å²) in [5.74, 6) is 0. The number of thiophene rings is 1. The third-order valence-corrected chi connectivity index (χ3v) is 5.66. The Bertz CT molecular complexity index is 595. The van der Waals surface area contributed by atoms with Crippen LogP contribution in [0.3, 0.4) is 0 Å². The Hall–Kier alpha value is -1.45. The highest BCUT2D eigenvalue weighted by Gasteiger charge is 2.25. The summed E-state index contributed by atoms with van der Waals surface area (Å²) in [6.07, 6.45) is 0.111. The summed E-state index contributed by atoms with van der Waals surface area (Å²) >= 11 is 0.921. The molecule has 1 rings (SSSR count). The van der Waals surface area contributed by atoms with Crippen LogP contribution in [0.5, 0.6) is 0 Å². The molecule has 0 aliphatic carbocycles. The van der Waals surface area contributed by atoms with Crippen LogP contribution in [-0.4, -0.2) is 39.5 Å². The van der Waals surface area contributed by atoms with Crippen LogP contribution < -0.4 is 0 Å². The predicted molar refractivity (Wildman–Crippen MR) is 69.9 cm³/mol. The molecule has 6 nitrogen and oxygen atoms in total. The van der Waals surface area contributed by atoms with Crippen molar-refractivity contribution in [2.24, 2.45) is 0 Å². The fraction of sp³-hybridized carbons (Fsp3) is 0.455. The highest BCUT2D eigenvalue weighted by Crippen LogP contribution is 2.24. The molecule has 0 aliphatic rings. The van der Waals surface area contributed by atoms with Gasteiger partial charge in [0.05, 0.1) is 12.7 Å². The molecule has 0 amide bonds. The molecule has 19 heavy (non-hydrogen) atoms. The van der Waals surface area contributed by atoms with Crippen LogP contribution in [0.4, 0.5) is 0 Å². The van der Waals surface area contributed by atoms with Gasteiger partial charge >= 0.3 is 0 Å². The van der Waals surface area contributed by atoms with Crippen LogP contribution in [0.15, 0.2) is 16.3 Å². The third kappa shape index (κ3) is 4.01. The van der Waals surface area contributed by atoms with E-state index in [9.17, 15) is 8.42 Å². The molecule has 0 N–H and O–H groups in total. The highest BCUT2D eigenvalue weighted by molar-refractivity contribution is 7.91. The van der Waals surface area contributed by atoms with Crippen molar-refractivity contribution in [1.29, 1.82) is 10.5 Å². The van der Waals surface area contributed by atoms with E-state index < -0.39 is 10.0 Å². The van der Waals surface area contributed by atoms with Gasteiger partial charge in [-0.25, -0.2) is 8.42 Å². The number of nitrogens with zero attached hydrogens (tertiary/aromatic N) is 3. The number of sulfonamides is 1. The van der Waals surface area contributed by atoms with Crippen molar-refractivity contribution >= 4 is 21.4 Å². The molecule has 0 radical (unpaired) electrons. The van der Waals surface area contributed by atoms with Crippen LogP contribution in [0.2, 0.25) is 0 Å². The second-order valence-electron chi connectivity index (χ2n) is 3.54. The van der Waals surface area contributed by atoms with E-state index in [4.69, 9.17) is 15.3 Å². The molecule has 1 aromatic heterocycles. The van der Waals surface area contributed by atoms with Crippen LogP contribution >= 0.6 is 11.3 Å². The normalized spacial score (nSPS) is 11.2. The summed E-state index contributed by atoms with van der Waals surface area (Å²) in [7, 11) is -2.19. The van der Waals surface area contributed by atoms with Crippen molar-refractivity contribution in [3.63, 3.8) is 0 Å². The molecule has 0 unspecified atom stereocenters. The van der Waals surface area contributed by atoms with Crippen LogP contribution in [0.1, 0.15) is 11.3 Å². The topological polar surface area (TPSA) is 94.2 Å². The van der Waals surface area contributed by atoms with Crippen molar-refractivity contribution < 1.29 is 13.2 Å². The maximum absolute atomic E-state index is 12.3. The first kappa shape index (κ1) is 15.6. The van der Waals surface area contributed by atoms with E-state index in [2.05, 4.69) is 0 Å². The molecule has 0 aliphatic heterocycles. The Balaban J connectivity index is 2.98. The number of methoxy groups -OCH3 is 1. The molecule has 0 spiro atoms. The first-order chi connectivity index (χ1) is 9.06. The lowest BCUT2D eigenvalue weighted by Crippen LogP contribution is -2.34. The van der Waals surface area contributed by atoms with E-state index in [0.29, 0.717) is 4.88 Å². The number of hydrogen-bond donors (Lipinski definition) is 0. The largest absolute Gasteiger partial charge is 0.383 e. The molecule has 0 saturated carbocycles. The van der Waals surface area contributed by atoms with E-state index in [1.54, 1.807) is 0 Å². The van der Waals surface area contributed by atoms with Gasteiger partial charge in [0.25, 0.3) is 10.0 Å². The quantitative estimate of drug-likeness (QED) is 0.753. The molecule has 1 aromatic rings. The Morgan fingerprint density at radius 1 is 1.37 bits per heavy atom. The molecular formula is C11H13N3O3S2. The van der Waals surface area contributed by atoms with E-state index >= 15 is 0 Å². The maximum Gasteiger partial charge on any atom is 0.252 e. The fourth-order valence-corrected chi connectivity index (χ4v) is 4.05. The van der Waals surface area contributed by atoms with Crippen LogP contribution in [0, 0.1) is 22.7 Å². The lowest BCUT2D eigenvalue weighted by atomic mass is 10.4. The molecule has 0 fully saturated rings. The zero-order valence-electron chi connectivity index (χ0n) is 10.4. The Kier molecular flexibility index (Phi) is 5.93. The predicted octanol–water partition coefficient (Wildman–Crippen LogP) is 1.17. The molecule has 0 aromatic carbocycles. The van der Waals surface area contributed by atoms with Crippen molar-refractivity contribution in [2.45, 2.75) is 10.6 Å². The van der Waals surface area contributed by atoms with Crippen LogP contribution in [0.25, 0.3) is 0 Å². The van der Waals surface area contributed by atoms with E-state index in [1.807, 2.05) is 12.1 Å². The molecular weight excluding hydrogens is 286 g/mol. The van der Waals surface area contributed by atoms with Gasteiger partial charge in [0, 0.05) is 26.6 Å². The average Bonchev–Trinajstić information content (AvgIpc) is 2.88. The molecule has 0 saturated heterocycles. The summed E-state index contributed by atoms with van der Waals surface area (Å²) in [5.41, 5.74) is 0. The number of ether oxygens (including phenoxy) is 1. The van der Waals surface area contributed by atoms with Crippen molar-refractivity contribution in [3.8, 4) is 12.1 Å². The van der Waals surface area contributed by atoms with Gasteiger partial charge in [-0.15, -0.1) is 11.3 Å². The van der Waals surface area contributed by atoms with E-state index in [1.165, 1.54) is 23.5 Å². The molecule has 8 heteroatoms. The Morgan fingerprint density at radius 2 is 2.11 bits per heavy atom. The van der Waals surface area contributed by atoms with E-state index in [0.717, 1.165) is 11.3 Å². The van der Waals surface area contributed by atoms with Gasteiger partial charge in [-0.1, -0.05) is 0 Å². The zero-order valence-corrected chi connectivity index (χ0v) is 12.0. The average molecular weight is 299 g/mol. The first-order valence-electron chi connectivity index (χ1n) is 5.42. The van der Waals surface area contributed by atoms with Gasteiger partial charge in [-0.2, -0.15) is 14.8 Å². The minimum absolute atomic E-state index is 0.109. The standard InChI is InChI=1S/C11H13N3O3S2/c1-17-8-7-14(6-2-5-12)19(15,16)11-4-3-10(9-13)18-11/h3-4H,2,6-8H2,1H3. The first-order valence-corrected chi connectivity index (χ1v) is 7.68. The Labute approximate surface area is 116 Å². The van der Waals surface area contributed by atoms with Gasteiger partial charge in [0.1, 0.15) is 15.2 Å². The third-order valence-electron chi connectivity index (χ3n) is 2.30. The number of hydrogen-bond acceptors (Lipinski definition) is 6. The summed E-state index contributed by atoms with van der Waals surface area (Å²) in [5, 5.41) is 17.3. The molecule has 0 atom stereocenters. The van der Waals surface area contributed by atoms with E-state index in [-0.39, 0.29) is 30.3 Å². The fourth-order valence-electron chi connectivity index (χ4n) is 1.37. The zero-order chi connectivity index (χ0) is 14.3. The smallest absolute Gasteiger partial charge is 0.252 e. The lowest BCUT2D eigenvalue weighted by molar-refractivity contribution is 0.179. The number of rotatable bonds is 7. The van der Waals surface area contributed by atoms with Crippen molar-refractivity contribution in [1.82, 2.24) is 4.31 Å². The van der Waals surface area contributed by atoms with Crippen molar-refractivity contribution in [2.75, 3.05) is 26.8 Å². The van der Waals surface area contributed by atoms with Gasteiger partial charge in [0.15, 0.2) is 0 Å². The molecule has 1 heterocycles. The van der Waals surface area contributed by atoms with Crippen LogP contribution in [-0.2, 0) is 14.8 Å². The minimum atomic E-state index is -3.67. The highest BCUT2D eigenvalue weighted by atomic mass is 32.2. The summed E-state index contributed by atoms with van der Waals surface area (Å²) in [4.78, 5) is 0.338. The SMILES string of the molecule is COCCN(CCC#N)S(=O)(=O)c1ccc(C#N)s1. The minimum Gasteiger partial charge on any atom is -0.383 e. The van der Waals surface area contributed by atoms with Gasteiger partial charge < -0.3 is 4.74 Å². The maximum atomic E-state index is 12.3. The second-order valence-corrected chi connectivity index (χ2v) is 6.78. The monoisotopic (exact) mass is 299 g/mol. The Morgan fingerprint density at radius 3 is 2.63 bits per heavy atom. The molecule has 0 bridgehead atoms.